The molecule has 0 saturated heterocycles. The van der Waals surface area contributed by atoms with Gasteiger partial charge < -0.3 is 10.4 Å². The van der Waals surface area contributed by atoms with Crippen molar-refractivity contribution in [3.63, 3.8) is 0 Å². The predicted octanol–water partition coefficient (Wildman–Crippen LogP) is -0.353. The first-order valence-electron chi connectivity index (χ1n) is 4.84. The lowest BCUT2D eigenvalue weighted by atomic mass is 10.1. The third kappa shape index (κ3) is 6.39. The molecule has 0 rings (SSSR count). The highest BCUT2D eigenvalue weighted by atomic mass is 32.2. The molecule has 1 amide bonds. The predicted molar refractivity (Wildman–Crippen MR) is 58.7 cm³/mol. The van der Waals surface area contributed by atoms with Crippen molar-refractivity contribution < 1.29 is 23.1 Å². The molecule has 0 spiro atoms. The minimum Gasteiger partial charge on any atom is -0.480 e. The van der Waals surface area contributed by atoms with Crippen LogP contribution in [-0.2, 0) is 19.4 Å². The number of rotatable bonds is 6. The molecule has 0 aliphatic rings. The van der Waals surface area contributed by atoms with Gasteiger partial charge in [0.25, 0.3) is 0 Å². The Bertz CT molecular complexity index is 360. The Morgan fingerprint density at radius 1 is 1.31 bits per heavy atom. The van der Waals surface area contributed by atoms with Crippen molar-refractivity contribution in [2.45, 2.75) is 26.3 Å². The smallest absolute Gasteiger partial charge is 0.326 e. The molecule has 16 heavy (non-hydrogen) atoms. The molecule has 7 heteroatoms. The zero-order valence-corrected chi connectivity index (χ0v) is 10.4. The fourth-order valence-electron chi connectivity index (χ4n) is 0.928. The van der Waals surface area contributed by atoms with Gasteiger partial charge in [0.2, 0.25) is 5.91 Å². The first-order chi connectivity index (χ1) is 7.13. The van der Waals surface area contributed by atoms with E-state index in [4.69, 9.17) is 5.11 Å². The van der Waals surface area contributed by atoms with E-state index in [0.29, 0.717) is 0 Å². The van der Waals surface area contributed by atoms with Crippen molar-refractivity contribution in [3.05, 3.63) is 0 Å². The standard InChI is InChI=1S/C9H17NO5S/c1-6(2)8(11)10-7(9(12)13)4-5-16(3,14)15/h6-7H,4-5H2,1-3H3,(H,10,11)(H,12,13)/t7-/m0/s1. The van der Waals surface area contributed by atoms with Crippen LogP contribution < -0.4 is 5.32 Å². The summed E-state index contributed by atoms with van der Waals surface area (Å²) in [4.78, 5) is 22.0. The number of nitrogens with one attached hydrogen (secondary N) is 1. The SMILES string of the molecule is CC(C)C(=O)N[C@@H](CCS(C)(=O)=O)C(=O)O. The fourth-order valence-corrected chi connectivity index (χ4v) is 1.59. The van der Waals surface area contributed by atoms with Gasteiger partial charge in [-0.2, -0.15) is 0 Å². The summed E-state index contributed by atoms with van der Waals surface area (Å²) in [5.74, 6) is -2.22. The van der Waals surface area contributed by atoms with Crippen LogP contribution in [0.5, 0.6) is 0 Å². The monoisotopic (exact) mass is 251 g/mol. The molecule has 0 saturated carbocycles. The van der Waals surface area contributed by atoms with Crippen LogP contribution >= 0.6 is 0 Å². The van der Waals surface area contributed by atoms with Crippen molar-refractivity contribution in [1.82, 2.24) is 5.32 Å². The van der Waals surface area contributed by atoms with Crippen LogP contribution in [0.3, 0.4) is 0 Å². The minimum atomic E-state index is -3.22. The number of aliphatic carboxylic acids is 1. The van der Waals surface area contributed by atoms with E-state index in [1.165, 1.54) is 0 Å². The second kappa shape index (κ2) is 5.83. The van der Waals surface area contributed by atoms with E-state index in [2.05, 4.69) is 5.32 Å². The number of hydrogen-bond acceptors (Lipinski definition) is 4. The number of carbonyl (C=O) groups excluding carboxylic acids is 1. The van der Waals surface area contributed by atoms with Gasteiger partial charge in [0.15, 0.2) is 0 Å². The van der Waals surface area contributed by atoms with Gasteiger partial charge in [-0.3, -0.25) is 4.79 Å². The Kier molecular flexibility index (Phi) is 5.43. The Hall–Kier alpha value is -1.11. The van der Waals surface area contributed by atoms with E-state index in [9.17, 15) is 18.0 Å². The molecule has 0 bridgehead atoms. The van der Waals surface area contributed by atoms with E-state index >= 15 is 0 Å². The second-order valence-corrected chi connectivity index (χ2v) is 6.23. The lowest BCUT2D eigenvalue weighted by molar-refractivity contribution is -0.142. The van der Waals surface area contributed by atoms with Gasteiger partial charge >= 0.3 is 5.97 Å². The highest BCUT2D eigenvalue weighted by Gasteiger charge is 2.22. The summed E-state index contributed by atoms with van der Waals surface area (Å²) in [6.07, 6.45) is 0.906. The van der Waals surface area contributed by atoms with Crippen LogP contribution in [0.1, 0.15) is 20.3 Å². The molecular weight excluding hydrogens is 234 g/mol. The number of sulfone groups is 1. The molecule has 0 aromatic rings. The number of carbonyl (C=O) groups is 2. The molecule has 6 nitrogen and oxygen atoms in total. The fraction of sp³-hybridized carbons (Fsp3) is 0.778. The van der Waals surface area contributed by atoms with Crippen LogP contribution in [0, 0.1) is 5.92 Å². The topological polar surface area (TPSA) is 101 Å². The van der Waals surface area contributed by atoms with Crippen LogP contribution in [0.15, 0.2) is 0 Å². The van der Waals surface area contributed by atoms with E-state index in [1.54, 1.807) is 13.8 Å². The molecule has 0 aromatic carbocycles. The van der Waals surface area contributed by atoms with Crippen molar-refractivity contribution in [1.29, 1.82) is 0 Å². The Balaban J connectivity index is 4.41. The van der Waals surface area contributed by atoms with Crippen molar-refractivity contribution in [2.24, 2.45) is 5.92 Å². The summed E-state index contributed by atoms with van der Waals surface area (Å²) in [6, 6.07) is -1.15. The van der Waals surface area contributed by atoms with Gasteiger partial charge in [0.05, 0.1) is 5.75 Å². The van der Waals surface area contributed by atoms with Gasteiger partial charge in [-0.25, -0.2) is 13.2 Å². The van der Waals surface area contributed by atoms with E-state index in [-0.39, 0.29) is 18.1 Å². The van der Waals surface area contributed by atoms with Crippen LogP contribution in [0.4, 0.5) is 0 Å². The number of carboxylic acid groups (broad SMARTS) is 1. The first-order valence-corrected chi connectivity index (χ1v) is 6.90. The normalized spacial score (nSPS) is 13.5. The van der Waals surface area contributed by atoms with Gasteiger partial charge in [0.1, 0.15) is 15.9 Å². The average molecular weight is 251 g/mol. The Labute approximate surface area is 95.0 Å². The third-order valence-electron chi connectivity index (χ3n) is 1.92. The summed E-state index contributed by atoms with van der Waals surface area (Å²) in [7, 11) is -3.22. The number of amides is 1. The Morgan fingerprint density at radius 3 is 2.12 bits per heavy atom. The lowest BCUT2D eigenvalue weighted by Crippen LogP contribution is -2.43. The van der Waals surface area contributed by atoms with Gasteiger partial charge in [0, 0.05) is 12.2 Å². The molecule has 0 fully saturated rings. The third-order valence-corrected chi connectivity index (χ3v) is 2.89. The van der Waals surface area contributed by atoms with Crippen molar-refractivity contribution in [2.75, 3.05) is 12.0 Å². The molecule has 1 atom stereocenters. The van der Waals surface area contributed by atoms with Gasteiger partial charge in [-0.1, -0.05) is 13.8 Å². The van der Waals surface area contributed by atoms with E-state index in [1.807, 2.05) is 0 Å². The summed E-state index contributed by atoms with van der Waals surface area (Å²) in [5.41, 5.74) is 0. The average Bonchev–Trinajstić information content (AvgIpc) is 2.09. The maximum absolute atomic E-state index is 11.3. The summed E-state index contributed by atoms with van der Waals surface area (Å²) < 4.78 is 21.7. The maximum atomic E-state index is 11.3. The van der Waals surface area contributed by atoms with Crippen molar-refractivity contribution >= 4 is 21.7 Å². The largest absolute Gasteiger partial charge is 0.480 e. The molecule has 0 aliphatic carbocycles. The second-order valence-electron chi connectivity index (χ2n) is 3.97. The molecule has 0 heterocycles. The lowest BCUT2D eigenvalue weighted by Gasteiger charge is -2.15. The minimum absolute atomic E-state index is 0.118. The summed E-state index contributed by atoms with van der Waals surface area (Å²) in [5, 5.41) is 11.1. The molecule has 2 N–H and O–H groups in total. The summed E-state index contributed by atoms with van der Waals surface area (Å²) in [6.45, 7) is 3.26. The summed E-state index contributed by atoms with van der Waals surface area (Å²) >= 11 is 0. The van der Waals surface area contributed by atoms with Crippen LogP contribution in [0.2, 0.25) is 0 Å². The number of carboxylic acids is 1. The van der Waals surface area contributed by atoms with Gasteiger partial charge in [-0.05, 0) is 6.42 Å². The Morgan fingerprint density at radius 2 is 1.81 bits per heavy atom. The maximum Gasteiger partial charge on any atom is 0.326 e. The molecule has 94 valence electrons. The van der Waals surface area contributed by atoms with E-state index < -0.39 is 27.8 Å². The van der Waals surface area contributed by atoms with Crippen LogP contribution in [-0.4, -0.2) is 43.5 Å². The molecule has 0 radical (unpaired) electrons. The molecule has 0 aliphatic heterocycles. The molecule has 0 aromatic heterocycles. The zero-order valence-electron chi connectivity index (χ0n) is 9.56. The highest BCUT2D eigenvalue weighted by Crippen LogP contribution is 2.00. The van der Waals surface area contributed by atoms with Gasteiger partial charge in [-0.15, -0.1) is 0 Å². The highest BCUT2D eigenvalue weighted by molar-refractivity contribution is 7.90. The first kappa shape index (κ1) is 14.9. The molecule has 0 unspecified atom stereocenters. The van der Waals surface area contributed by atoms with E-state index in [0.717, 1.165) is 6.26 Å². The zero-order chi connectivity index (χ0) is 12.9. The number of hydrogen-bond donors (Lipinski definition) is 2. The quantitative estimate of drug-likeness (QED) is 0.671. The van der Waals surface area contributed by atoms with Crippen molar-refractivity contribution in [3.8, 4) is 0 Å². The molecular formula is C9H17NO5S. The van der Waals surface area contributed by atoms with Crippen LogP contribution in [0.25, 0.3) is 0 Å².